The number of aliphatic carboxylic acids is 1. The lowest BCUT2D eigenvalue weighted by atomic mass is 9.58. The first kappa shape index (κ1) is 15.0. The van der Waals surface area contributed by atoms with Crippen LogP contribution in [0.5, 0.6) is 0 Å². The first-order chi connectivity index (χ1) is 6.24. The van der Waals surface area contributed by atoms with Crippen molar-refractivity contribution in [1.82, 2.24) is 5.43 Å². The number of nitrogens with two attached hydrogens (primary N) is 1. The number of carboxylic acids is 1. The molecule has 2 fully saturated rings. The van der Waals surface area contributed by atoms with Crippen LogP contribution >= 0.6 is 24.8 Å². The van der Waals surface area contributed by atoms with E-state index in [0.717, 1.165) is 25.7 Å². The highest BCUT2D eigenvalue weighted by Gasteiger charge is 2.47. The van der Waals surface area contributed by atoms with Crippen LogP contribution in [0.15, 0.2) is 0 Å². The molecule has 15 heavy (non-hydrogen) atoms. The second-order valence-electron chi connectivity index (χ2n) is 4.20. The van der Waals surface area contributed by atoms with E-state index in [0.29, 0.717) is 17.9 Å². The highest BCUT2D eigenvalue weighted by Crippen LogP contribution is 2.48. The van der Waals surface area contributed by atoms with Crippen LogP contribution in [0.25, 0.3) is 0 Å². The molecule has 2 rings (SSSR count). The summed E-state index contributed by atoms with van der Waals surface area (Å²) in [6.45, 7) is 0. The van der Waals surface area contributed by atoms with E-state index >= 15 is 0 Å². The summed E-state index contributed by atoms with van der Waals surface area (Å²) in [6, 6.07) is 0.356. The van der Waals surface area contributed by atoms with Crippen LogP contribution in [0.4, 0.5) is 0 Å². The number of hydrogen-bond donors (Lipinski definition) is 3. The van der Waals surface area contributed by atoms with Crippen LogP contribution in [-0.2, 0) is 4.79 Å². The molecule has 0 amide bonds. The van der Waals surface area contributed by atoms with Crippen LogP contribution in [0.1, 0.15) is 25.7 Å². The molecule has 90 valence electrons. The molecule has 0 aliphatic heterocycles. The SMILES string of the molecule is Cl.Cl.NNC1CCC(C(=O)O)C2CCC12. The number of carboxylic acid groups (broad SMARTS) is 1. The zero-order valence-electron chi connectivity index (χ0n) is 8.39. The van der Waals surface area contributed by atoms with Crippen LogP contribution in [-0.4, -0.2) is 17.1 Å². The van der Waals surface area contributed by atoms with E-state index in [9.17, 15) is 4.79 Å². The standard InChI is InChI=1S/C9H16N2O2.2ClH/c10-11-8-4-3-7(9(12)13)5-1-2-6(5)8;;/h5-8,11H,1-4,10H2,(H,12,13);2*1H. The number of rotatable bonds is 2. The topological polar surface area (TPSA) is 75.3 Å². The molecule has 4 nitrogen and oxygen atoms in total. The summed E-state index contributed by atoms with van der Waals surface area (Å²) >= 11 is 0. The minimum atomic E-state index is -0.620. The highest BCUT2D eigenvalue weighted by atomic mass is 35.5. The lowest BCUT2D eigenvalue weighted by molar-refractivity contribution is -0.149. The van der Waals surface area contributed by atoms with E-state index < -0.39 is 5.97 Å². The van der Waals surface area contributed by atoms with Gasteiger partial charge in [-0.25, -0.2) is 0 Å². The van der Waals surface area contributed by atoms with Gasteiger partial charge in [0, 0.05) is 6.04 Å². The first-order valence-corrected chi connectivity index (χ1v) is 4.93. The average Bonchev–Trinajstić information content (AvgIpc) is 2.05. The molecule has 6 heteroatoms. The van der Waals surface area contributed by atoms with Crippen molar-refractivity contribution >= 4 is 30.8 Å². The van der Waals surface area contributed by atoms with Gasteiger partial charge in [0.25, 0.3) is 0 Å². The Morgan fingerprint density at radius 3 is 2.13 bits per heavy atom. The molecule has 0 saturated heterocycles. The lowest BCUT2D eigenvalue weighted by Gasteiger charge is -2.48. The van der Waals surface area contributed by atoms with E-state index in [1.165, 1.54) is 0 Å². The van der Waals surface area contributed by atoms with Crippen LogP contribution in [0.2, 0.25) is 0 Å². The highest BCUT2D eigenvalue weighted by molar-refractivity contribution is 5.85. The summed E-state index contributed by atoms with van der Waals surface area (Å²) in [6.07, 6.45) is 3.91. The smallest absolute Gasteiger partial charge is 0.306 e. The van der Waals surface area contributed by atoms with Gasteiger partial charge in [-0.15, -0.1) is 24.8 Å². The molecule has 0 spiro atoms. The number of halogens is 2. The molecule has 0 aromatic heterocycles. The van der Waals surface area contributed by atoms with Gasteiger partial charge in [0.1, 0.15) is 0 Å². The van der Waals surface area contributed by atoms with Crippen molar-refractivity contribution in [2.45, 2.75) is 31.7 Å². The predicted molar refractivity (Wildman–Crippen MR) is 62.2 cm³/mol. The number of nitrogens with one attached hydrogen (secondary N) is 1. The fourth-order valence-electron chi connectivity index (χ4n) is 2.85. The fraction of sp³-hybridized carbons (Fsp3) is 0.889. The minimum absolute atomic E-state index is 0. The maximum Gasteiger partial charge on any atom is 0.306 e. The molecule has 4 N–H and O–H groups in total. The monoisotopic (exact) mass is 256 g/mol. The van der Waals surface area contributed by atoms with Gasteiger partial charge < -0.3 is 5.11 Å². The van der Waals surface area contributed by atoms with Gasteiger partial charge in [-0.2, -0.15) is 0 Å². The minimum Gasteiger partial charge on any atom is -0.481 e. The van der Waals surface area contributed by atoms with Gasteiger partial charge >= 0.3 is 5.97 Å². The average molecular weight is 257 g/mol. The zero-order valence-corrected chi connectivity index (χ0v) is 10.0. The first-order valence-electron chi connectivity index (χ1n) is 4.93. The molecular formula is C9H18Cl2N2O2. The van der Waals surface area contributed by atoms with E-state index in [1.807, 2.05) is 0 Å². The molecule has 4 unspecified atom stereocenters. The molecule has 2 saturated carbocycles. The van der Waals surface area contributed by atoms with Gasteiger partial charge in [0.15, 0.2) is 0 Å². The van der Waals surface area contributed by atoms with E-state index in [2.05, 4.69) is 5.43 Å². The van der Waals surface area contributed by atoms with Crippen molar-refractivity contribution in [3.63, 3.8) is 0 Å². The number of fused-ring (bicyclic) bond motifs is 1. The normalized spacial score (nSPS) is 37.7. The Morgan fingerprint density at radius 1 is 1.13 bits per heavy atom. The molecule has 2 aliphatic carbocycles. The molecule has 0 heterocycles. The Labute approximate surface area is 102 Å². The van der Waals surface area contributed by atoms with Crippen molar-refractivity contribution in [3.05, 3.63) is 0 Å². The van der Waals surface area contributed by atoms with Crippen LogP contribution in [0.3, 0.4) is 0 Å². The largest absolute Gasteiger partial charge is 0.481 e. The summed E-state index contributed by atoms with van der Waals surface area (Å²) in [5, 5.41) is 8.97. The predicted octanol–water partition coefficient (Wildman–Crippen LogP) is 1.18. The van der Waals surface area contributed by atoms with Gasteiger partial charge in [0.05, 0.1) is 5.92 Å². The molecular weight excluding hydrogens is 239 g/mol. The van der Waals surface area contributed by atoms with Gasteiger partial charge in [-0.1, -0.05) is 0 Å². The van der Waals surface area contributed by atoms with Crippen molar-refractivity contribution < 1.29 is 9.90 Å². The van der Waals surface area contributed by atoms with Gasteiger partial charge in [-0.3, -0.25) is 16.1 Å². The quantitative estimate of drug-likeness (QED) is 0.513. The molecule has 2 aliphatic rings. The molecule has 0 aromatic rings. The van der Waals surface area contributed by atoms with Gasteiger partial charge in [-0.05, 0) is 37.5 Å². The summed E-state index contributed by atoms with van der Waals surface area (Å²) in [7, 11) is 0. The van der Waals surface area contributed by atoms with Crippen molar-refractivity contribution in [1.29, 1.82) is 0 Å². The Balaban J connectivity index is 0.000000980. The van der Waals surface area contributed by atoms with Crippen LogP contribution in [0, 0.1) is 17.8 Å². The number of hydrogen-bond acceptors (Lipinski definition) is 3. The van der Waals surface area contributed by atoms with E-state index in [-0.39, 0.29) is 30.7 Å². The number of hydrazine groups is 1. The summed E-state index contributed by atoms with van der Waals surface area (Å²) in [5.74, 6) is 5.58. The third-order valence-corrected chi connectivity index (χ3v) is 3.74. The Kier molecular flexibility index (Phi) is 5.88. The molecule has 0 bridgehead atoms. The van der Waals surface area contributed by atoms with Gasteiger partial charge in [0.2, 0.25) is 0 Å². The lowest BCUT2D eigenvalue weighted by Crippen LogP contribution is -2.54. The zero-order chi connectivity index (χ0) is 9.42. The summed E-state index contributed by atoms with van der Waals surface area (Å²) < 4.78 is 0. The van der Waals surface area contributed by atoms with E-state index in [4.69, 9.17) is 10.9 Å². The third-order valence-electron chi connectivity index (χ3n) is 3.74. The second kappa shape index (κ2) is 5.89. The molecule has 0 aromatic carbocycles. The Bertz CT molecular complexity index is 228. The summed E-state index contributed by atoms with van der Waals surface area (Å²) in [5.41, 5.74) is 2.80. The van der Waals surface area contributed by atoms with E-state index in [1.54, 1.807) is 0 Å². The number of carbonyl (C=O) groups is 1. The summed E-state index contributed by atoms with van der Waals surface area (Å²) in [4.78, 5) is 10.9. The van der Waals surface area contributed by atoms with Crippen molar-refractivity contribution in [3.8, 4) is 0 Å². The molecule has 4 atom stereocenters. The Hall–Kier alpha value is -0.0300. The maximum absolute atomic E-state index is 10.9. The van der Waals surface area contributed by atoms with Crippen LogP contribution < -0.4 is 11.3 Å². The Morgan fingerprint density at radius 2 is 1.73 bits per heavy atom. The van der Waals surface area contributed by atoms with Crippen molar-refractivity contribution in [2.75, 3.05) is 0 Å². The second-order valence-corrected chi connectivity index (χ2v) is 4.20. The van der Waals surface area contributed by atoms with Crippen molar-refractivity contribution in [2.24, 2.45) is 23.6 Å². The molecule has 0 radical (unpaired) electrons. The maximum atomic E-state index is 10.9. The third kappa shape index (κ3) is 2.56. The fourth-order valence-corrected chi connectivity index (χ4v) is 2.85.